The normalized spacial score (nSPS) is 13.1. The van der Waals surface area contributed by atoms with Crippen molar-refractivity contribution >= 4 is 0 Å². The van der Waals surface area contributed by atoms with Gasteiger partial charge in [-0.05, 0) is 38.3 Å². The lowest BCUT2D eigenvalue weighted by Crippen LogP contribution is -2.32. The highest BCUT2D eigenvalue weighted by Crippen LogP contribution is 2.04. The van der Waals surface area contributed by atoms with E-state index in [1.165, 1.54) is 11.1 Å². The van der Waals surface area contributed by atoms with Crippen molar-refractivity contribution in [3.8, 4) is 0 Å². The number of benzene rings is 1. The molecule has 1 nitrogen and oxygen atoms in total. The maximum absolute atomic E-state index is 3.55. The summed E-state index contributed by atoms with van der Waals surface area (Å²) in [6.45, 7) is 9.96. The molecule has 0 saturated heterocycles. The van der Waals surface area contributed by atoms with Crippen LogP contribution in [-0.2, 0) is 6.42 Å². The van der Waals surface area contributed by atoms with E-state index in [9.17, 15) is 0 Å². The van der Waals surface area contributed by atoms with Crippen LogP contribution in [0.1, 0.15) is 31.9 Å². The highest BCUT2D eigenvalue weighted by molar-refractivity contribution is 5.21. The molecule has 0 bridgehead atoms. The molecule has 1 atom stereocenters. The van der Waals surface area contributed by atoms with Crippen LogP contribution in [0, 0.1) is 12.8 Å². The Kier molecular flexibility index (Phi) is 4.83. The Labute approximate surface area is 93.9 Å². The number of rotatable bonds is 5. The standard InChI is InChI=1S/C14H23N/c1-11(2)13(4)15-10-9-14-7-5-12(3)6-8-14/h5-8,11,13,15H,9-10H2,1-4H3. The molecule has 84 valence electrons. The van der Waals surface area contributed by atoms with Crippen molar-refractivity contribution in [2.24, 2.45) is 5.92 Å². The van der Waals surface area contributed by atoms with Gasteiger partial charge in [0.1, 0.15) is 0 Å². The van der Waals surface area contributed by atoms with Crippen molar-refractivity contribution in [1.82, 2.24) is 5.32 Å². The zero-order valence-corrected chi connectivity index (χ0v) is 10.4. The highest BCUT2D eigenvalue weighted by atomic mass is 14.9. The van der Waals surface area contributed by atoms with Crippen LogP contribution in [0.4, 0.5) is 0 Å². The smallest absolute Gasteiger partial charge is 0.00618 e. The first-order valence-corrected chi connectivity index (χ1v) is 5.88. The maximum Gasteiger partial charge on any atom is 0.00618 e. The quantitative estimate of drug-likeness (QED) is 0.778. The summed E-state index contributed by atoms with van der Waals surface area (Å²) in [6, 6.07) is 9.41. The Bertz CT molecular complexity index is 274. The van der Waals surface area contributed by atoms with Gasteiger partial charge in [0.15, 0.2) is 0 Å². The third-order valence-corrected chi connectivity index (χ3v) is 3.00. The van der Waals surface area contributed by atoms with Crippen molar-refractivity contribution in [1.29, 1.82) is 0 Å². The number of hydrogen-bond acceptors (Lipinski definition) is 1. The average molecular weight is 205 g/mol. The van der Waals surface area contributed by atoms with Crippen LogP contribution in [0.2, 0.25) is 0 Å². The van der Waals surface area contributed by atoms with Gasteiger partial charge in [0.25, 0.3) is 0 Å². The van der Waals surface area contributed by atoms with Gasteiger partial charge in [-0.15, -0.1) is 0 Å². The van der Waals surface area contributed by atoms with E-state index in [0.717, 1.165) is 13.0 Å². The van der Waals surface area contributed by atoms with Crippen LogP contribution in [0.3, 0.4) is 0 Å². The molecule has 0 aliphatic heterocycles. The summed E-state index contributed by atoms with van der Waals surface area (Å²) in [6.07, 6.45) is 1.12. The van der Waals surface area contributed by atoms with Gasteiger partial charge in [-0.3, -0.25) is 0 Å². The highest BCUT2D eigenvalue weighted by Gasteiger charge is 2.04. The Balaban J connectivity index is 2.29. The van der Waals surface area contributed by atoms with E-state index in [-0.39, 0.29) is 0 Å². The Morgan fingerprint density at radius 2 is 1.67 bits per heavy atom. The van der Waals surface area contributed by atoms with Crippen LogP contribution in [0.5, 0.6) is 0 Å². The summed E-state index contributed by atoms with van der Waals surface area (Å²) in [5, 5.41) is 3.55. The van der Waals surface area contributed by atoms with Crippen molar-refractivity contribution in [3.63, 3.8) is 0 Å². The lowest BCUT2D eigenvalue weighted by Gasteiger charge is -2.17. The molecule has 0 aliphatic carbocycles. The van der Waals surface area contributed by atoms with Crippen molar-refractivity contribution in [2.45, 2.75) is 40.2 Å². The van der Waals surface area contributed by atoms with Gasteiger partial charge in [-0.1, -0.05) is 43.7 Å². The molecule has 1 aromatic carbocycles. The molecule has 0 spiro atoms. The molecule has 15 heavy (non-hydrogen) atoms. The van der Waals surface area contributed by atoms with Crippen LogP contribution >= 0.6 is 0 Å². The van der Waals surface area contributed by atoms with E-state index in [0.29, 0.717) is 12.0 Å². The summed E-state index contributed by atoms with van der Waals surface area (Å²) in [4.78, 5) is 0. The monoisotopic (exact) mass is 205 g/mol. The molecule has 0 radical (unpaired) electrons. The summed E-state index contributed by atoms with van der Waals surface area (Å²) < 4.78 is 0. The zero-order chi connectivity index (χ0) is 11.3. The molecule has 0 heterocycles. The van der Waals surface area contributed by atoms with Crippen molar-refractivity contribution < 1.29 is 0 Å². The molecule has 1 aromatic rings. The Morgan fingerprint density at radius 1 is 1.07 bits per heavy atom. The van der Waals surface area contributed by atoms with Gasteiger partial charge in [-0.2, -0.15) is 0 Å². The number of nitrogens with one attached hydrogen (secondary N) is 1. The molecule has 1 heteroatoms. The van der Waals surface area contributed by atoms with Crippen molar-refractivity contribution in [3.05, 3.63) is 35.4 Å². The molecule has 0 amide bonds. The number of hydrogen-bond donors (Lipinski definition) is 1. The second-order valence-corrected chi connectivity index (χ2v) is 4.72. The van der Waals surface area contributed by atoms with E-state index in [1.54, 1.807) is 0 Å². The second-order valence-electron chi connectivity index (χ2n) is 4.72. The lowest BCUT2D eigenvalue weighted by molar-refractivity contribution is 0.430. The Hall–Kier alpha value is -0.820. The topological polar surface area (TPSA) is 12.0 Å². The van der Waals surface area contributed by atoms with E-state index in [4.69, 9.17) is 0 Å². The van der Waals surface area contributed by atoms with Crippen LogP contribution in [-0.4, -0.2) is 12.6 Å². The van der Waals surface area contributed by atoms with Gasteiger partial charge < -0.3 is 5.32 Å². The first-order valence-electron chi connectivity index (χ1n) is 5.88. The predicted molar refractivity (Wildman–Crippen MR) is 67.2 cm³/mol. The summed E-state index contributed by atoms with van der Waals surface area (Å²) in [5.41, 5.74) is 2.76. The third kappa shape index (κ3) is 4.48. The fourth-order valence-corrected chi connectivity index (χ4v) is 1.43. The first-order chi connectivity index (χ1) is 7.09. The third-order valence-electron chi connectivity index (χ3n) is 3.00. The van der Waals surface area contributed by atoms with E-state index >= 15 is 0 Å². The summed E-state index contributed by atoms with van der Waals surface area (Å²) in [7, 11) is 0. The van der Waals surface area contributed by atoms with Gasteiger partial charge in [-0.25, -0.2) is 0 Å². The Morgan fingerprint density at radius 3 is 2.20 bits per heavy atom. The minimum absolute atomic E-state index is 0.607. The summed E-state index contributed by atoms with van der Waals surface area (Å²) >= 11 is 0. The summed E-state index contributed by atoms with van der Waals surface area (Å²) in [5.74, 6) is 0.711. The predicted octanol–water partition coefficient (Wildman–Crippen LogP) is 3.17. The van der Waals surface area contributed by atoms with E-state index < -0.39 is 0 Å². The molecular weight excluding hydrogens is 182 g/mol. The maximum atomic E-state index is 3.55. The van der Waals surface area contributed by atoms with Crippen LogP contribution in [0.25, 0.3) is 0 Å². The lowest BCUT2D eigenvalue weighted by atomic mass is 10.1. The zero-order valence-electron chi connectivity index (χ0n) is 10.4. The minimum Gasteiger partial charge on any atom is -0.314 e. The van der Waals surface area contributed by atoms with Gasteiger partial charge in [0, 0.05) is 6.04 Å². The largest absolute Gasteiger partial charge is 0.314 e. The first kappa shape index (κ1) is 12.3. The molecule has 0 saturated carbocycles. The second kappa shape index (κ2) is 5.92. The van der Waals surface area contributed by atoms with Gasteiger partial charge >= 0.3 is 0 Å². The van der Waals surface area contributed by atoms with Crippen LogP contribution in [0.15, 0.2) is 24.3 Å². The SMILES string of the molecule is Cc1ccc(CCNC(C)C(C)C)cc1. The molecule has 0 fully saturated rings. The van der Waals surface area contributed by atoms with Gasteiger partial charge in [0.2, 0.25) is 0 Å². The van der Waals surface area contributed by atoms with E-state index in [1.807, 2.05) is 0 Å². The minimum atomic E-state index is 0.607. The molecule has 1 rings (SSSR count). The van der Waals surface area contributed by atoms with Gasteiger partial charge in [0.05, 0.1) is 0 Å². The fourth-order valence-electron chi connectivity index (χ4n) is 1.43. The number of aryl methyl sites for hydroxylation is 1. The molecule has 0 aliphatic rings. The molecular formula is C14H23N. The van der Waals surface area contributed by atoms with Crippen LogP contribution < -0.4 is 5.32 Å². The molecule has 0 aromatic heterocycles. The fraction of sp³-hybridized carbons (Fsp3) is 0.571. The molecule has 1 N–H and O–H groups in total. The van der Waals surface area contributed by atoms with Crippen molar-refractivity contribution in [2.75, 3.05) is 6.54 Å². The molecule has 1 unspecified atom stereocenters. The average Bonchev–Trinajstić information content (AvgIpc) is 2.20. The van der Waals surface area contributed by atoms with E-state index in [2.05, 4.69) is 57.3 Å².